The summed E-state index contributed by atoms with van der Waals surface area (Å²) in [6, 6.07) is 0. The molecule has 1 radical (unpaired) electrons. The van der Waals surface area contributed by atoms with E-state index in [9.17, 15) is 0 Å². The van der Waals surface area contributed by atoms with Crippen molar-refractivity contribution in [3.63, 3.8) is 0 Å². The minimum Gasteiger partial charge on any atom is -0.106 e. The summed E-state index contributed by atoms with van der Waals surface area (Å²) in [4.78, 5) is 0. The first kappa shape index (κ1) is 36.2. The van der Waals surface area contributed by atoms with Crippen LogP contribution in [0.5, 0.6) is 0 Å². The molecule has 0 saturated heterocycles. The van der Waals surface area contributed by atoms with Crippen LogP contribution in [0.2, 0.25) is 0 Å². The normalized spacial score (nSPS) is 1.78. The Morgan fingerprint density at radius 1 is 0.333 bits per heavy atom. The van der Waals surface area contributed by atoms with Crippen LogP contribution in [0.1, 0.15) is 0 Å². The quantitative estimate of drug-likeness (QED) is 0.354. The molecule has 9 heavy (non-hydrogen) atoms. The Bertz CT molecular complexity index is 12.5. The zero-order chi connectivity index (χ0) is 8.00. The molecular weight excluding hydrogens is 119 g/mol. The van der Waals surface area contributed by atoms with E-state index in [0.29, 0.717) is 0 Å². The molecule has 0 nitrogen and oxygen atoms in total. The molecule has 0 fully saturated rings. The average Bonchev–Trinajstić information content (AvgIpc) is 2.03. The largest absolute Gasteiger partial charge is 0.106 e. The smallest absolute Gasteiger partial charge is 0 e. The SMILES string of the molecule is C=C.C=C.C=C.C=C.[Na]. The third kappa shape index (κ3) is 177000. The maximum absolute atomic E-state index is 3.00. The van der Waals surface area contributed by atoms with Crippen LogP contribution < -0.4 is 0 Å². The Kier molecular flexibility index (Phi) is 969000. The standard InChI is InChI=1S/4C2H4.Na/c4*1-2;/h4*1-2H2;. The fraction of sp³-hybridized carbons (Fsp3) is 0. The van der Waals surface area contributed by atoms with Crippen LogP contribution in [0, 0.1) is 0 Å². The summed E-state index contributed by atoms with van der Waals surface area (Å²) in [5.41, 5.74) is 0. The molecule has 0 aromatic heterocycles. The van der Waals surface area contributed by atoms with Gasteiger partial charge in [0.25, 0.3) is 0 Å². The van der Waals surface area contributed by atoms with Gasteiger partial charge in [0, 0.05) is 29.6 Å². The maximum atomic E-state index is 3.00. The van der Waals surface area contributed by atoms with Crippen LogP contribution in [0.15, 0.2) is 52.6 Å². The summed E-state index contributed by atoms with van der Waals surface area (Å²) in [5, 5.41) is 0. The van der Waals surface area contributed by atoms with Crippen molar-refractivity contribution in [3.05, 3.63) is 52.6 Å². The zero-order valence-corrected chi connectivity index (χ0v) is 8.66. The van der Waals surface area contributed by atoms with Gasteiger partial charge in [-0.05, 0) is 0 Å². The molecule has 1 heteroatoms. The molecule has 49 valence electrons. The second-order valence-electron chi connectivity index (χ2n) is 0. The van der Waals surface area contributed by atoms with Crippen molar-refractivity contribution in [2.45, 2.75) is 0 Å². The van der Waals surface area contributed by atoms with Crippen LogP contribution in [0.4, 0.5) is 0 Å². The fourth-order valence-corrected chi connectivity index (χ4v) is 0. The minimum absolute atomic E-state index is 0. The first-order valence-electron chi connectivity index (χ1n) is 2.00. The molecule has 0 aliphatic rings. The van der Waals surface area contributed by atoms with Crippen molar-refractivity contribution in [1.82, 2.24) is 0 Å². The Balaban J connectivity index is -0.00000000762. The first-order chi connectivity index (χ1) is 4.00. The molecule has 0 amide bonds. The van der Waals surface area contributed by atoms with Crippen molar-refractivity contribution >= 4 is 29.6 Å². The third-order valence-electron chi connectivity index (χ3n) is 0. The predicted octanol–water partition coefficient (Wildman–Crippen LogP) is 2.83. The molecule has 0 aromatic rings. The molecule has 0 heterocycles. The van der Waals surface area contributed by atoms with E-state index >= 15 is 0 Å². The van der Waals surface area contributed by atoms with E-state index in [1.165, 1.54) is 0 Å². The van der Waals surface area contributed by atoms with Crippen LogP contribution in [0.25, 0.3) is 0 Å². The predicted molar refractivity (Wildman–Crippen MR) is 50.8 cm³/mol. The molecule has 0 unspecified atom stereocenters. The van der Waals surface area contributed by atoms with E-state index in [1.807, 2.05) is 0 Å². The van der Waals surface area contributed by atoms with E-state index in [1.54, 1.807) is 0 Å². The first-order valence-corrected chi connectivity index (χ1v) is 2.00. The molecule has 0 bridgehead atoms. The molecule has 0 atom stereocenters. The molecule has 0 aliphatic heterocycles. The third-order valence-corrected chi connectivity index (χ3v) is 0. The van der Waals surface area contributed by atoms with Crippen LogP contribution in [-0.4, -0.2) is 29.6 Å². The number of hydrogen-bond donors (Lipinski definition) is 0. The maximum Gasteiger partial charge on any atom is 0 e. The van der Waals surface area contributed by atoms with Gasteiger partial charge in [-0.15, -0.1) is 52.6 Å². The number of rotatable bonds is 0. The van der Waals surface area contributed by atoms with E-state index in [2.05, 4.69) is 52.6 Å². The second kappa shape index (κ2) is 241000. The van der Waals surface area contributed by atoms with Gasteiger partial charge in [0.1, 0.15) is 0 Å². The molecule has 0 saturated carbocycles. The van der Waals surface area contributed by atoms with Gasteiger partial charge in [-0.3, -0.25) is 0 Å². The van der Waals surface area contributed by atoms with Crippen molar-refractivity contribution in [2.24, 2.45) is 0 Å². The van der Waals surface area contributed by atoms with Gasteiger partial charge >= 0.3 is 0 Å². The minimum atomic E-state index is 0. The zero-order valence-electron chi connectivity index (χ0n) is 6.66. The summed E-state index contributed by atoms with van der Waals surface area (Å²) < 4.78 is 0. The van der Waals surface area contributed by atoms with Gasteiger partial charge in [0.2, 0.25) is 0 Å². The summed E-state index contributed by atoms with van der Waals surface area (Å²) in [5.74, 6) is 0. The van der Waals surface area contributed by atoms with Gasteiger partial charge in [-0.2, -0.15) is 0 Å². The molecule has 0 N–H and O–H groups in total. The van der Waals surface area contributed by atoms with E-state index in [-0.39, 0.29) is 29.6 Å². The van der Waals surface area contributed by atoms with Crippen LogP contribution >= 0.6 is 0 Å². The van der Waals surface area contributed by atoms with Crippen molar-refractivity contribution in [1.29, 1.82) is 0 Å². The van der Waals surface area contributed by atoms with Crippen LogP contribution in [0.3, 0.4) is 0 Å². The summed E-state index contributed by atoms with van der Waals surface area (Å²) in [6.45, 7) is 24.0. The van der Waals surface area contributed by atoms with Gasteiger partial charge < -0.3 is 0 Å². The van der Waals surface area contributed by atoms with Gasteiger partial charge in [0.15, 0.2) is 0 Å². The molecule has 0 aliphatic carbocycles. The summed E-state index contributed by atoms with van der Waals surface area (Å²) in [7, 11) is 0. The Morgan fingerprint density at radius 3 is 0.333 bits per heavy atom. The summed E-state index contributed by atoms with van der Waals surface area (Å²) >= 11 is 0. The van der Waals surface area contributed by atoms with E-state index < -0.39 is 0 Å². The average molecular weight is 135 g/mol. The van der Waals surface area contributed by atoms with E-state index in [0.717, 1.165) is 0 Å². The molecule has 0 spiro atoms. The van der Waals surface area contributed by atoms with E-state index in [4.69, 9.17) is 0 Å². The number of hydrogen-bond acceptors (Lipinski definition) is 0. The van der Waals surface area contributed by atoms with Crippen molar-refractivity contribution in [3.8, 4) is 0 Å². The van der Waals surface area contributed by atoms with Gasteiger partial charge in [-0.25, -0.2) is 0 Å². The van der Waals surface area contributed by atoms with Crippen molar-refractivity contribution in [2.75, 3.05) is 0 Å². The Hall–Kier alpha value is -0.0400. The van der Waals surface area contributed by atoms with Gasteiger partial charge in [0.05, 0.1) is 0 Å². The molecule has 0 rings (SSSR count). The summed E-state index contributed by atoms with van der Waals surface area (Å²) in [6.07, 6.45) is 0. The van der Waals surface area contributed by atoms with Crippen molar-refractivity contribution < 1.29 is 0 Å². The topological polar surface area (TPSA) is 0 Å². The van der Waals surface area contributed by atoms with Gasteiger partial charge in [-0.1, -0.05) is 0 Å². The monoisotopic (exact) mass is 135 g/mol. The Labute approximate surface area is 82.0 Å². The fourth-order valence-electron chi connectivity index (χ4n) is 0. The molecule has 0 aromatic carbocycles. The second-order valence-corrected chi connectivity index (χ2v) is 0. The molecular formula is C8H16Na. The Morgan fingerprint density at radius 2 is 0.333 bits per heavy atom. The van der Waals surface area contributed by atoms with Crippen LogP contribution in [-0.2, 0) is 0 Å².